The summed E-state index contributed by atoms with van der Waals surface area (Å²) in [6.45, 7) is 3.04. The fourth-order valence-corrected chi connectivity index (χ4v) is 4.44. The number of carbonyl (C=O) groups is 1. The van der Waals surface area contributed by atoms with Crippen molar-refractivity contribution in [3.63, 3.8) is 0 Å². The van der Waals surface area contributed by atoms with Gasteiger partial charge in [0.05, 0.1) is 18.1 Å². The molecular weight excluding hydrogens is 423 g/mol. The maximum atomic E-state index is 13.7. The van der Waals surface area contributed by atoms with Crippen LogP contribution in [0.15, 0.2) is 42.6 Å². The van der Waals surface area contributed by atoms with E-state index in [1.807, 2.05) is 34.1 Å². The van der Waals surface area contributed by atoms with E-state index in [4.69, 9.17) is 9.47 Å². The first-order valence-corrected chi connectivity index (χ1v) is 10.6. The molecule has 2 fully saturated rings. The second-order valence-electron chi connectivity index (χ2n) is 8.11. The molecule has 0 aliphatic carbocycles. The van der Waals surface area contributed by atoms with Crippen molar-refractivity contribution in [3.8, 4) is 5.75 Å². The number of alkyl halides is 3. The first-order chi connectivity index (χ1) is 15.3. The Balaban J connectivity index is 1.47. The number of rotatable bonds is 4. The maximum Gasteiger partial charge on any atom is 0.417 e. The zero-order chi connectivity index (χ0) is 22.8. The van der Waals surface area contributed by atoms with Crippen LogP contribution in [-0.4, -0.2) is 62.3 Å². The molecule has 1 aromatic carbocycles. The summed E-state index contributed by atoms with van der Waals surface area (Å²) in [5.41, 5.74) is -0.450. The molecule has 0 spiro atoms. The van der Waals surface area contributed by atoms with E-state index in [0.717, 1.165) is 23.6 Å². The molecule has 32 heavy (non-hydrogen) atoms. The van der Waals surface area contributed by atoms with Crippen LogP contribution in [0, 0.1) is 0 Å². The number of ether oxygens (including phenoxy) is 2. The summed E-state index contributed by atoms with van der Waals surface area (Å²) in [5.74, 6) is 1.30. The lowest BCUT2D eigenvalue weighted by atomic mass is 9.73. The Bertz CT molecular complexity index is 918. The van der Waals surface area contributed by atoms with Crippen molar-refractivity contribution >= 4 is 11.7 Å². The number of nitrogens with zero attached hydrogens (tertiary/aromatic N) is 3. The van der Waals surface area contributed by atoms with Gasteiger partial charge in [-0.3, -0.25) is 4.79 Å². The quantitative estimate of drug-likeness (QED) is 0.715. The van der Waals surface area contributed by atoms with Gasteiger partial charge in [0, 0.05) is 45.6 Å². The smallest absolute Gasteiger partial charge is 0.417 e. The second-order valence-corrected chi connectivity index (χ2v) is 8.11. The SMILES string of the molecule is COc1ccc(C2(C(=O)N3CCN(c4ccc(C(F)(F)F)cn4)CC3)CCOCC2)cc1. The van der Waals surface area contributed by atoms with Crippen molar-refractivity contribution in [1.82, 2.24) is 9.88 Å². The van der Waals surface area contributed by atoms with E-state index in [0.29, 0.717) is 58.1 Å². The molecule has 4 rings (SSSR count). The lowest BCUT2D eigenvalue weighted by Gasteiger charge is -2.43. The van der Waals surface area contributed by atoms with Gasteiger partial charge in [0.15, 0.2) is 0 Å². The number of carbonyl (C=O) groups excluding carboxylic acids is 1. The molecule has 0 unspecified atom stereocenters. The number of pyridine rings is 1. The highest BCUT2D eigenvalue weighted by molar-refractivity contribution is 5.88. The van der Waals surface area contributed by atoms with Gasteiger partial charge in [-0.2, -0.15) is 13.2 Å². The normalized spacial score (nSPS) is 19.0. The third kappa shape index (κ3) is 4.39. The molecule has 1 aromatic heterocycles. The Morgan fingerprint density at radius 3 is 2.22 bits per heavy atom. The van der Waals surface area contributed by atoms with Gasteiger partial charge in [-0.25, -0.2) is 4.98 Å². The standard InChI is InChI=1S/C23H26F3N3O3/c1-31-19-5-2-17(3-6-19)22(8-14-32-15-9-22)21(30)29-12-10-28(11-13-29)20-7-4-18(16-27-20)23(24,25)26/h2-7,16H,8-15H2,1H3. The minimum absolute atomic E-state index is 0.0750. The van der Waals surface area contributed by atoms with Gasteiger partial charge in [0.1, 0.15) is 11.6 Å². The minimum Gasteiger partial charge on any atom is -0.497 e. The maximum absolute atomic E-state index is 13.7. The Hall–Kier alpha value is -2.81. The molecule has 0 atom stereocenters. The minimum atomic E-state index is -4.41. The average Bonchev–Trinajstić information content (AvgIpc) is 2.84. The molecule has 1 amide bonds. The summed E-state index contributed by atoms with van der Waals surface area (Å²) >= 11 is 0. The van der Waals surface area contributed by atoms with Crippen molar-refractivity contribution in [3.05, 3.63) is 53.7 Å². The molecule has 2 aliphatic rings. The van der Waals surface area contributed by atoms with E-state index in [-0.39, 0.29) is 5.91 Å². The van der Waals surface area contributed by atoms with Gasteiger partial charge in [0.25, 0.3) is 0 Å². The fourth-order valence-electron chi connectivity index (χ4n) is 4.44. The number of amides is 1. The number of methoxy groups -OCH3 is 1. The van der Waals surface area contributed by atoms with Crippen LogP contribution in [-0.2, 0) is 21.1 Å². The van der Waals surface area contributed by atoms with E-state index in [9.17, 15) is 18.0 Å². The Labute approximate surface area is 184 Å². The largest absolute Gasteiger partial charge is 0.497 e. The molecule has 2 saturated heterocycles. The Morgan fingerprint density at radius 2 is 1.69 bits per heavy atom. The van der Waals surface area contributed by atoms with Crippen molar-refractivity contribution in [2.75, 3.05) is 51.4 Å². The van der Waals surface area contributed by atoms with Gasteiger partial charge in [-0.15, -0.1) is 0 Å². The fraction of sp³-hybridized carbons (Fsp3) is 0.478. The number of aromatic nitrogens is 1. The summed E-state index contributed by atoms with van der Waals surface area (Å²) in [4.78, 5) is 21.5. The van der Waals surface area contributed by atoms with E-state index in [2.05, 4.69) is 4.98 Å². The molecule has 0 N–H and O–H groups in total. The van der Waals surface area contributed by atoms with Crippen LogP contribution in [0.2, 0.25) is 0 Å². The predicted octanol–water partition coefficient (Wildman–Crippen LogP) is 3.51. The number of benzene rings is 1. The van der Waals surface area contributed by atoms with Gasteiger partial charge in [-0.05, 0) is 42.7 Å². The van der Waals surface area contributed by atoms with Gasteiger partial charge < -0.3 is 19.3 Å². The van der Waals surface area contributed by atoms with Crippen molar-refractivity contribution in [1.29, 1.82) is 0 Å². The Morgan fingerprint density at radius 1 is 1.03 bits per heavy atom. The van der Waals surface area contributed by atoms with Crippen LogP contribution in [0.25, 0.3) is 0 Å². The van der Waals surface area contributed by atoms with Crippen LogP contribution in [0.4, 0.5) is 19.0 Å². The topological polar surface area (TPSA) is 54.9 Å². The monoisotopic (exact) mass is 449 g/mol. The summed E-state index contributed by atoms with van der Waals surface area (Å²) in [6, 6.07) is 10.1. The van der Waals surface area contributed by atoms with Gasteiger partial charge >= 0.3 is 6.18 Å². The van der Waals surface area contributed by atoms with E-state index >= 15 is 0 Å². The lowest BCUT2D eigenvalue weighted by Crippen LogP contribution is -2.56. The molecule has 6 nitrogen and oxygen atoms in total. The third-order valence-corrected chi connectivity index (χ3v) is 6.36. The average molecular weight is 449 g/mol. The molecule has 2 aliphatic heterocycles. The molecule has 0 radical (unpaired) electrons. The summed E-state index contributed by atoms with van der Waals surface area (Å²) in [6.07, 6.45) is -2.33. The molecule has 0 bridgehead atoms. The third-order valence-electron chi connectivity index (χ3n) is 6.36. The highest BCUT2D eigenvalue weighted by Gasteiger charge is 2.44. The van der Waals surface area contributed by atoms with Crippen LogP contribution >= 0.6 is 0 Å². The van der Waals surface area contributed by atoms with E-state index in [1.54, 1.807) is 7.11 Å². The number of halogens is 3. The molecular formula is C23H26F3N3O3. The molecule has 2 aromatic rings. The zero-order valence-electron chi connectivity index (χ0n) is 17.9. The first-order valence-electron chi connectivity index (χ1n) is 10.6. The van der Waals surface area contributed by atoms with Crippen molar-refractivity contribution < 1.29 is 27.4 Å². The highest BCUT2D eigenvalue weighted by atomic mass is 19.4. The summed E-state index contributed by atoms with van der Waals surface area (Å²) in [7, 11) is 1.61. The van der Waals surface area contributed by atoms with Crippen LogP contribution < -0.4 is 9.64 Å². The van der Waals surface area contributed by atoms with E-state index < -0.39 is 17.2 Å². The van der Waals surface area contributed by atoms with Crippen LogP contribution in [0.5, 0.6) is 5.75 Å². The number of anilines is 1. The van der Waals surface area contributed by atoms with Crippen LogP contribution in [0.3, 0.4) is 0 Å². The number of piperazine rings is 1. The highest BCUT2D eigenvalue weighted by Crippen LogP contribution is 2.38. The zero-order valence-corrected chi connectivity index (χ0v) is 17.9. The predicted molar refractivity (Wildman–Crippen MR) is 113 cm³/mol. The molecule has 0 saturated carbocycles. The molecule has 172 valence electrons. The van der Waals surface area contributed by atoms with E-state index in [1.165, 1.54) is 6.07 Å². The number of hydrogen-bond donors (Lipinski definition) is 0. The lowest BCUT2D eigenvalue weighted by molar-refractivity contribution is -0.141. The Kier molecular flexibility index (Phi) is 6.28. The first kappa shape index (κ1) is 22.4. The van der Waals surface area contributed by atoms with Gasteiger partial charge in [-0.1, -0.05) is 12.1 Å². The van der Waals surface area contributed by atoms with Crippen molar-refractivity contribution in [2.45, 2.75) is 24.4 Å². The van der Waals surface area contributed by atoms with Crippen molar-refractivity contribution in [2.24, 2.45) is 0 Å². The van der Waals surface area contributed by atoms with Crippen LogP contribution in [0.1, 0.15) is 24.0 Å². The molecule has 9 heteroatoms. The summed E-state index contributed by atoms with van der Waals surface area (Å²) < 4.78 is 49.1. The summed E-state index contributed by atoms with van der Waals surface area (Å²) in [5, 5.41) is 0. The second kappa shape index (κ2) is 8.97. The van der Waals surface area contributed by atoms with Gasteiger partial charge in [0.2, 0.25) is 5.91 Å². The number of hydrogen-bond acceptors (Lipinski definition) is 5. The molecule has 3 heterocycles.